The van der Waals surface area contributed by atoms with Crippen LogP contribution in [-0.4, -0.2) is 28.7 Å². The SMILES string of the molecule is CC1CCN(C(=O)c2csc3ccccc23)CC1Br. The van der Waals surface area contributed by atoms with Gasteiger partial charge in [-0.3, -0.25) is 4.79 Å². The number of carbonyl (C=O) groups excluding carboxylic acids is 1. The molecule has 0 N–H and O–H groups in total. The van der Waals surface area contributed by atoms with Gasteiger partial charge in [0.2, 0.25) is 0 Å². The molecule has 3 rings (SSSR count). The van der Waals surface area contributed by atoms with Crippen molar-refractivity contribution >= 4 is 43.3 Å². The summed E-state index contributed by atoms with van der Waals surface area (Å²) in [5, 5.41) is 3.08. The third-order valence-corrected chi connectivity index (χ3v) is 6.02. The normalized spacial score (nSPS) is 23.8. The Balaban J connectivity index is 1.88. The molecule has 4 heteroatoms. The first kappa shape index (κ1) is 13.1. The first-order valence-corrected chi connectivity index (χ1v) is 8.36. The molecule has 1 aromatic heterocycles. The summed E-state index contributed by atoms with van der Waals surface area (Å²) in [7, 11) is 0. The molecule has 2 atom stereocenters. The van der Waals surface area contributed by atoms with E-state index in [4.69, 9.17) is 0 Å². The van der Waals surface area contributed by atoms with Crippen molar-refractivity contribution in [2.75, 3.05) is 13.1 Å². The minimum Gasteiger partial charge on any atom is -0.337 e. The van der Waals surface area contributed by atoms with E-state index >= 15 is 0 Å². The van der Waals surface area contributed by atoms with Crippen molar-refractivity contribution in [1.29, 1.82) is 0 Å². The number of carbonyl (C=O) groups is 1. The quantitative estimate of drug-likeness (QED) is 0.716. The molecule has 1 saturated heterocycles. The highest BCUT2D eigenvalue weighted by atomic mass is 79.9. The van der Waals surface area contributed by atoms with E-state index in [1.807, 2.05) is 28.5 Å². The van der Waals surface area contributed by atoms with Gasteiger partial charge in [-0.15, -0.1) is 11.3 Å². The summed E-state index contributed by atoms with van der Waals surface area (Å²) in [5.41, 5.74) is 0.856. The lowest BCUT2D eigenvalue weighted by molar-refractivity contribution is 0.0708. The van der Waals surface area contributed by atoms with E-state index in [0.29, 0.717) is 10.7 Å². The van der Waals surface area contributed by atoms with Gasteiger partial charge < -0.3 is 4.90 Å². The average molecular weight is 338 g/mol. The minimum absolute atomic E-state index is 0.175. The fourth-order valence-corrected chi connectivity index (χ4v) is 4.07. The van der Waals surface area contributed by atoms with Crippen molar-refractivity contribution in [1.82, 2.24) is 4.90 Å². The standard InChI is InChI=1S/C15H16BrNOS/c1-10-6-7-17(8-13(10)16)15(18)12-9-19-14-5-3-2-4-11(12)14/h2-5,9-10,13H,6-8H2,1H3. The summed E-state index contributed by atoms with van der Waals surface area (Å²) in [5.74, 6) is 0.817. The highest BCUT2D eigenvalue weighted by molar-refractivity contribution is 9.09. The van der Waals surface area contributed by atoms with Crippen molar-refractivity contribution in [3.63, 3.8) is 0 Å². The second-order valence-electron chi connectivity index (χ2n) is 5.18. The van der Waals surface area contributed by atoms with Crippen LogP contribution in [0.4, 0.5) is 0 Å². The van der Waals surface area contributed by atoms with Gasteiger partial charge in [-0.25, -0.2) is 0 Å². The van der Waals surface area contributed by atoms with Gasteiger partial charge in [-0.1, -0.05) is 41.1 Å². The highest BCUT2D eigenvalue weighted by Crippen LogP contribution is 2.29. The summed E-state index contributed by atoms with van der Waals surface area (Å²) < 4.78 is 1.19. The van der Waals surface area contributed by atoms with Crippen molar-refractivity contribution < 1.29 is 4.79 Å². The third kappa shape index (κ3) is 2.43. The fraction of sp³-hybridized carbons (Fsp3) is 0.400. The largest absolute Gasteiger partial charge is 0.337 e. The minimum atomic E-state index is 0.175. The zero-order chi connectivity index (χ0) is 13.4. The van der Waals surface area contributed by atoms with Crippen molar-refractivity contribution in [2.45, 2.75) is 18.2 Å². The maximum Gasteiger partial charge on any atom is 0.255 e. The van der Waals surface area contributed by atoms with Crippen molar-refractivity contribution in [2.24, 2.45) is 5.92 Å². The molecule has 2 nitrogen and oxygen atoms in total. The number of halogens is 1. The van der Waals surface area contributed by atoms with Crippen LogP contribution < -0.4 is 0 Å². The van der Waals surface area contributed by atoms with E-state index in [0.717, 1.165) is 30.5 Å². The van der Waals surface area contributed by atoms with E-state index in [-0.39, 0.29) is 5.91 Å². The van der Waals surface area contributed by atoms with E-state index in [2.05, 4.69) is 28.9 Å². The number of fused-ring (bicyclic) bond motifs is 1. The predicted molar refractivity (Wildman–Crippen MR) is 84.2 cm³/mol. The third-order valence-electron chi connectivity index (χ3n) is 3.87. The molecule has 0 aliphatic carbocycles. The van der Waals surface area contributed by atoms with Crippen LogP contribution in [0.3, 0.4) is 0 Å². The number of piperidine rings is 1. The average Bonchev–Trinajstić information content (AvgIpc) is 2.85. The van der Waals surface area contributed by atoms with Crippen LogP contribution in [0.1, 0.15) is 23.7 Å². The first-order chi connectivity index (χ1) is 9.16. The zero-order valence-corrected chi connectivity index (χ0v) is 13.2. The molecule has 19 heavy (non-hydrogen) atoms. The number of nitrogens with zero attached hydrogens (tertiary/aromatic N) is 1. The monoisotopic (exact) mass is 337 g/mol. The summed E-state index contributed by atoms with van der Waals surface area (Å²) >= 11 is 5.33. The van der Waals surface area contributed by atoms with Gasteiger partial charge in [0, 0.05) is 33.4 Å². The Morgan fingerprint density at radius 1 is 1.42 bits per heavy atom. The van der Waals surface area contributed by atoms with Crippen LogP contribution >= 0.6 is 27.3 Å². The Morgan fingerprint density at radius 3 is 3.00 bits per heavy atom. The molecule has 1 amide bonds. The molecule has 0 radical (unpaired) electrons. The van der Waals surface area contributed by atoms with E-state index in [9.17, 15) is 4.79 Å². The van der Waals surface area contributed by atoms with Gasteiger partial charge in [0.1, 0.15) is 0 Å². The summed E-state index contributed by atoms with van der Waals surface area (Å²) in [6, 6.07) is 8.13. The summed E-state index contributed by atoms with van der Waals surface area (Å²) in [6.07, 6.45) is 1.07. The van der Waals surface area contributed by atoms with Crippen LogP contribution in [0, 0.1) is 5.92 Å². The maximum atomic E-state index is 12.6. The van der Waals surface area contributed by atoms with Gasteiger partial charge in [0.15, 0.2) is 0 Å². The van der Waals surface area contributed by atoms with Gasteiger partial charge in [0.05, 0.1) is 5.56 Å². The van der Waals surface area contributed by atoms with Crippen LogP contribution in [0.15, 0.2) is 29.6 Å². The molecule has 2 heterocycles. The summed E-state index contributed by atoms with van der Waals surface area (Å²) in [4.78, 5) is 15.0. The molecule has 2 aromatic rings. The van der Waals surface area contributed by atoms with Gasteiger partial charge >= 0.3 is 0 Å². The van der Waals surface area contributed by atoms with Crippen LogP contribution in [0.2, 0.25) is 0 Å². The molecule has 0 saturated carbocycles. The van der Waals surface area contributed by atoms with Crippen LogP contribution in [0.5, 0.6) is 0 Å². The molecule has 1 aromatic carbocycles. The zero-order valence-electron chi connectivity index (χ0n) is 10.8. The Bertz CT molecular complexity index is 609. The number of thiophene rings is 1. The predicted octanol–water partition coefficient (Wildman–Crippen LogP) is 4.15. The maximum absolute atomic E-state index is 12.6. The van der Waals surface area contributed by atoms with E-state index in [1.54, 1.807) is 11.3 Å². The molecule has 0 bridgehead atoms. The van der Waals surface area contributed by atoms with E-state index in [1.165, 1.54) is 4.70 Å². The lowest BCUT2D eigenvalue weighted by Gasteiger charge is -2.34. The van der Waals surface area contributed by atoms with Crippen molar-refractivity contribution in [3.05, 3.63) is 35.2 Å². The molecular weight excluding hydrogens is 322 g/mol. The Hall–Kier alpha value is -0.870. The second kappa shape index (κ2) is 5.25. The van der Waals surface area contributed by atoms with Crippen LogP contribution in [-0.2, 0) is 0 Å². The molecular formula is C15H16BrNOS. The van der Waals surface area contributed by atoms with E-state index < -0.39 is 0 Å². The number of amides is 1. The second-order valence-corrected chi connectivity index (χ2v) is 7.27. The van der Waals surface area contributed by atoms with Gasteiger partial charge in [0.25, 0.3) is 5.91 Å². The topological polar surface area (TPSA) is 20.3 Å². The Labute approximate surface area is 125 Å². The fourth-order valence-electron chi connectivity index (χ4n) is 2.52. The molecule has 100 valence electrons. The van der Waals surface area contributed by atoms with Gasteiger partial charge in [-0.2, -0.15) is 0 Å². The number of benzene rings is 1. The molecule has 2 unspecified atom stereocenters. The smallest absolute Gasteiger partial charge is 0.255 e. The van der Waals surface area contributed by atoms with Crippen LogP contribution in [0.25, 0.3) is 10.1 Å². The molecule has 1 aliphatic rings. The summed E-state index contributed by atoms with van der Waals surface area (Å²) in [6.45, 7) is 3.91. The number of hydrogen-bond acceptors (Lipinski definition) is 2. The van der Waals surface area contributed by atoms with Crippen molar-refractivity contribution in [3.8, 4) is 0 Å². The van der Waals surface area contributed by atoms with Gasteiger partial charge in [-0.05, 0) is 18.4 Å². The lowest BCUT2D eigenvalue weighted by Crippen LogP contribution is -2.43. The number of rotatable bonds is 1. The number of hydrogen-bond donors (Lipinski definition) is 0. The lowest BCUT2D eigenvalue weighted by atomic mass is 9.98. The molecule has 1 fully saturated rings. The number of alkyl halides is 1. The number of likely N-dealkylation sites (tertiary alicyclic amines) is 1. The highest BCUT2D eigenvalue weighted by Gasteiger charge is 2.28. The molecule has 1 aliphatic heterocycles. The Morgan fingerprint density at radius 2 is 2.21 bits per heavy atom. The first-order valence-electron chi connectivity index (χ1n) is 6.56. The molecule has 0 spiro atoms. The Kier molecular flexibility index (Phi) is 3.63.